The van der Waals surface area contributed by atoms with Crippen LogP contribution >= 0.6 is 0 Å². The van der Waals surface area contributed by atoms with Gasteiger partial charge in [-0.3, -0.25) is 13.9 Å². The highest BCUT2D eigenvalue weighted by atomic mass is 32.2. The number of carbonyl (C=O) groups is 2. The van der Waals surface area contributed by atoms with Gasteiger partial charge in [-0.15, -0.1) is 0 Å². The van der Waals surface area contributed by atoms with Crippen LogP contribution in [0.15, 0.2) is 71.6 Å². The van der Waals surface area contributed by atoms with Crippen LogP contribution in [-0.2, 0) is 26.2 Å². The summed E-state index contributed by atoms with van der Waals surface area (Å²) in [5.41, 5.74) is 1.88. The summed E-state index contributed by atoms with van der Waals surface area (Å²) in [4.78, 5) is 27.9. The van der Waals surface area contributed by atoms with Crippen molar-refractivity contribution in [3.63, 3.8) is 0 Å². The quantitative estimate of drug-likeness (QED) is 0.354. The maximum absolute atomic E-state index is 14.0. The Morgan fingerprint density at radius 2 is 1.57 bits per heavy atom. The number of likely N-dealkylation sites (N-methyl/N-ethyl adjacent to an activating group) is 1. The molecule has 1 atom stereocenters. The fourth-order valence-electron chi connectivity index (χ4n) is 4.22. The average Bonchev–Trinajstić information content (AvgIpc) is 2.96. The van der Waals surface area contributed by atoms with E-state index in [0.717, 1.165) is 27.6 Å². The Balaban J connectivity index is 2.08. The van der Waals surface area contributed by atoms with Gasteiger partial charge in [-0.1, -0.05) is 36.8 Å². The molecule has 0 aromatic heterocycles. The molecule has 2 amide bonds. The van der Waals surface area contributed by atoms with Crippen LogP contribution in [0.2, 0.25) is 0 Å². The van der Waals surface area contributed by atoms with Gasteiger partial charge in [0, 0.05) is 19.7 Å². The molecular formula is C29H34FN3O6S. The summed E-state index contributed by atoms with van der Waals surface area (Å²) < 4.78 is 53.1. The lowest BCUT2D eigenvalue weighted by atomic mass is 10.1. The maximum Gasteiger partial charge on any atom is 0.264 e. The van der Waals surface area contributed by atoms with Gasteiger partial charge in [-0.05, 0) is 55.3 Å². The molecule has 40 heavy (non-hydrogen) atoms. The summed E-state index contributed by atoms with van der Waals surface area (Å²) >= 11 is 0. The van der Waals surface area contributed by atoms with Gasteiger partial charge < -0.3 is 19.7 Å². The van der Waals surface area contributed by atoms with E-state index >= 15 is 0 Å². The number of sulfonamides is 1. The topological polar surface area (TPSA) is 105 Å². The molecule has 9 nitrogen and oxygen atoms in total. The molecule has 0 saturated heterocycles. The first kappa shape index (κ1) is 30.4. The van der Waals surface area contributed by atoms with E-state index in [4.69, 9.17) is 9.47 Å². The third-order valence-electron chi connectivity index (χ3n) is 6.44. The number of carbonyl (C=O) groups excluding carboxylic acids is 2. The van der Waals surface area contributed by atoms with Crippen molar-refractivity contribution in [3.05, 3.63) is 83.7 Å². The number of methoxy groups -OCH3 is 2. The number of amides is 2. The van der Waals surface area contributed by atoms with E-state index in [1.807, 2.05) is 31.2 Å². The first-order valence-electron chi connectivity index (χ1n) is 12.6. The number of aryl methyl sites for hydroxylation is 1. The molecule has 11 heteroatoms. The van der Waals surface area contributed by atoms with E-state index < -0.39 is 34.3 Å². The number of halogens is 1. The largest absolute Gasteiger partial charge is 0.493 e. The molecular weight excluding hydrogens is 537 g/mol. The van der Waals surface area contributed by atoms with E-state index in [1.54, 1.807) is 6.92 Å². The summed E-state index contributed by atoms with van der Waals surface area (Å²) in [7, 11) is -0.0821. The molecule has 3 aromatic carbocycles. The smallest absolute Gasteiger partial charge is 0.264 e. The van der Waals surface area contributed by atoms with Crippen molar-refractivity contribution < 1.29 is 31.9 Å². The third-order valence-corrected chi connectivity index (χ3v) is 8.21. The summed E-state index contributed by atoms with van der Waals surface area (Å²) in [5.74, 6) is -1.04. The Labute approximate surface area is 234 Å². The standard InChI is InChI=1S/C29H34FN3O6S/c1-6-25(29(35)31-3)32(18-21-9-7-20(2)8-10-21)28(34)19-33(23-13-11-22(30)12-14-23)40(36,37)24-15-16-26(38-4)27(17-24)39-5/h7-17,25H,6,18-19H2,1-5H3,(H,31,35)/t25-/m1/s1. The third kappa shape index (κ3) is 6.90. The number of nitrogens with one attached hydrogen (secondary N) is 1. The van der Waals surface area contributed by atoms with E-state index in [1.165, 1.54) is 56.5 Å². The van der Waals surface area contributed by atoms with Gasteiger partial charge in [0.25, 0.3) is 10.0 Å². The zero-order valence-corrected chi connectivity index (χ0v) is 24.0. The Bertz CT molecular complexity index is 1430. The van der Waals surface area contributed by atoms with E-state index in [2.05, 4.69) is 5.32 Å². The summed E-state index contributed by atoms with van der Waals surface area (Å²) in [6, 6.07) is 15.5. The summed E-state index contributed by atoms with van der Waals surface area (Å²) in [5, 5.41) is 2.58. The average molecular weight is 572 g/mol. The molecule has 0 aliphatic carbocycles. The minimum atomic E-state index is -4.36. The van der Waals surface area contributed by atoms with Crippen LogP contribution in [0.3, 0.4) is 0 Å². The number of nitrogens with zero attached hydrogens (tertiary/aromatic N) is 2. The Hall–Kier alpha value is -4.12. The lowest BCUT2D eigenvalue weighted by Gasteiger charge is -2.33. The van der Waals surface area contributed by atoms with Gasteiger partial charge >= 0.3 is 0 Å². The molecule has 3 rings (SSSR count). The van der Waals surface area contributed by atoms with E-state index in [-0.39, 0.29) is 28.8 Å². The normalized spacial score (nSPS) is 11.8. The second-order valence-corrected chi connectivity index (χ2v) is 10.9. The van der Waals surface area contributed by atoms with Crippen molar-refractivity contribution in [2.45, 2.75) is 37.8 Å². The van der Waals surface area contributed by atoms with Crippen molar-refractivity contribution >= 4 is 27.5 Å². The monoisotopic (exact) mass is 571 g/mol. The van der Waals surface area contributed by atoms with Crippen LogP contribution in [0, 0.1) is 12.7 Å². The minimum absolute atomic E-state index is 0.0767. The van der Waals surface area contributed by atoms with Crippen molar-refractivity contribution in [2.24, 2.45) is 0 Å². The number of anilines is 1. The van der Waals surface area contributed by atoms with E-state index in [9.17, 15) is 22.4 Å². The number of ether oxygens (including phenoxy) is 2. The second-order valence-electron chi connectivity index (χ2n) is 9.05. The van der Waals surface area contributed by atoms with Gasteiger partial charge in [0.05, 0.1) is 24.8 Å². The van der Waals surface area contributed by atoms with E-state index in [0.29, 0.717) is 12.2 Å². The maximum atomic E-state index is 14.0. The number of benzene rings is 3. The Morgan fingerprint density at radius 1 is 0.950 bits per heavy atom. The second kappa shape index (κ2) is 13.3. The van der Waals surface area contributed by atoms with Gasteiger partial charge in [-0.25, -0.2) is 12.8 Å². The van der Waals surface area contributed by atoms with Gasteiger partial charge in [-0.2, -0.15) is 0 Å². The predicted octanol–water partition coefficient (Wildman–Crippen LogP) is 3.90. The summed E-state index contributed by atoms with van der Waals surface area (Å²) in [6.45, 7) is 3.15. The Kier molecular flexibility index (Phi) is 10.1. The molecule has 0 radical (unpaired) electrons. The van der Waals surface area contributed by atoms with Crippen LogP contribution < -0.4 is 19.1 Å². The summed E-state index contributed by atoms with van der Waals surface area (Å²) in [6.07, 6.45) is 0.302. The highest BCUT2D eigenvalue weighted by Gasteiger charge is 2.33. The molecule has 0 heterocycles. The van der Waals surface area contributed by atoms with Crippen LogP contribution in [0.4, 0.5) is 10.1 Å². The molecule has 1 N–H and O–H groups in total. The molecule has 0 aliphatic rings. The molecule has 3 aromatic rings. The minimum Gasteiger partial charge on any atom is -0.493 e. The molecule has 0 fully saturated rings. The van der Waals surface area contributed by atoms with Crippen LogP contribution in [0.25, 0.3) is 0 Å². The SMILES string of the molecule is CC[C@H](C(=O)NC)N(Cc1ccc(C)cc1)C(=O)CN(c1ccc(F)cc1)S(=O)(=O)c1ccc(OC)c(OC)c1. The van der Waals surface area contributed by atoms with Crippen molar-refractivity contribution in [3.8, 4) is 11.5 Å². The van der Waals surface area contributed by atoms with Crippen LogP contribution in [0.5, 0.6) is 11.5 Å². The first-order valence-corrected chi connectivity index (χ1v) is 14.1. The van der Waals surface area contributed by atoms with Gasteiger partial charge in [0.15, 0.2) is 11.5 Å². The zero-order chi connectivity index (χ0) is 29.4. The fraction of sp³-hybridized carbons (Fsp3) is 0.310. The number of rotatable bonds is 12. The van der Waals surface area contributed by atoms with Crippen molar-refractivity contribution in [1.82, 2.24) is 10.2 Å². The lowest BCUT2D eigenvalue weighted by molar-refractivity contribution is -0.140. The van der Waals surface area contributed by atoms with Crippen LogP contribution in [0.1, 0.15) is 24.5 Å². The molecule has 0 bridgehead atoms. The molecule has 0 saturated carbocycles. The zero-order valence-electron chi connectivity index (χ0n) is 23.2. The van der Waals surface area contributed by atoms with Gasteiger partial charge in [0.1, 0.15) is 18.4 Å². The van der Waals surface area contributed by atoms with Crippen molar-refractivity contribution in [2.75, 3.05) is 32.1 Å². The number of hydrogen-bond donors (Lipinski definition) is 1. The lowest BCUT2D eigenvalue weighted by Crippen LogP contribution is -2.51. The van der Waals surface area contributed by atoms with Crippen LogP contribution in [-0.4, -0.2) is 59.0 Å². The van der Waals surface area contributed by atoms with Gasteiger partial charge in [0.2, 0.25) is 11.8 Å². The van der Waals surface area contributed by atoms with Crippen molar-refractivity contribution in [1.29, 1.82) is 0 Å². The molecule has 214 valence electrons. The molecule has 0 unspecified atom stereocenters. The molecule has 0 aliphatic heterocycles. The highest BCUT2D eigenvalue weighted by molar-refractivity contribution is 7.92. The fourth-order valence-corrected chi connectivity index (χ4v) is 5.65. The molecule has 0 spiro atoms. The number of hydrogen-bond acceptors (Lipinski definition) is 6. The Morgan fingerprint density at radius 3 is 2.12 bits per heavy atom. The predicted molar refractivity (Wildman–Crippen MR) is 150 cm³/mol. The first-order chi connectivity index (χ1) is 19.0. The highest BCUT2D eigenvalue weighted by Crippen LogP contribution is 2.32.